The van der Waals surface area contributed by atoms with Gasteiger partial charge in [0, 0.05) is 30.7 Å². The smallest absolute Gasteiger partial charge is 0.303 e. The Morgan fingerprint density at radius 3 is 1.70 bits per heavy atom. The van der Waals surface area contributed by atoms with Crippen LogP contribution in [-0.4, -0.2) is 87.6 Å². The lowest BCUT2D eigenvalue weighted by Crippen LogP contribution is -2.61. The molecule has 276 valence electrons. The van der Waals surface area contributed by atoms with Crippen LogP contribution in [0.5, 0.6) is 0 Å². The minimum atomic E-state index is -1.34. The number of anilines is 1. The van der Waals surface area contributed by atoms with Crippen LogP contribution in [0.3, 0.4) is 0 Å². The number of hydrogen-bond donors (Lipinski definition) is 7. The van der Waals surface area contributed by atoms with Crippen LogP contribution in [-0.2, 0) is 38.4 Å². The molecule has 5 atom stereocenters. The minimum Gasteiger partial charge on any atom is -0.481 e. The number of nitrogens with zero attached hydrogens (tertiary/aromatic N) is 2. The maximum absolute atomic E-state index is 13.5. The fourth-order valence-corrected chi connectivity index (χ4v) is 4.59. The van der Waals surface area contributed by atoms with Crippen LogP contribution in [0.25, 0.3) is 0 Å². The molecule has 0 bridgehead atoms. The standard InChI is InChI=1S/C31H46N8O11/c1-15(2)25(29(46)34-17(5)31(48)38(18(6)27(33)44)19-7-9-20(10-8-19)39(49)50)37-30(47)26(16(3)4)36-28(45)21(11-12-22(32)40)35-23(41)13-14-24(42)43/h7-10,15-18,21,25-26H,11-14H2,1-6H3,(H2,32,40)(H2,33,44)(H,34,46)(H,35,41)(H,36,45)(H,37,47)(H,42,43)/t17-,18-,21-,25-,26-/m0/s1. The number of nitro benzene ring substituents is 1. The second-order valence-corrected chi connectivity index (χ2v) is 12.3. The summed E-state index contributed by atoms with van der Waals surface area (Å²) in [5.41, 5.74) is 10.5. The fourth-order valence-electron chi connectivity index (χ4n) is 4.59. The van der Waals surface area contributed by atoms with Crippen molar-refractivity contribution in [2.75, 3.05) is 4.90 Å². The summed E-state index contributed by atoms with van der Waals surface area (Å²) in [6, 6.07) is -1.56. The molecule has 0 saturated heterocycles. The van der Waals surface area contributed by atoms with Gasteiger partial charge >= 0.3 is 5.97 Å². The van der Waals surface area contributed by atoms with Gasteiger partial charge in [0.15, 0.2) is 0 Å². The van der Waals surface area contributed by atoms with Crippen LogP contribution < -0.4 is 37.6 Å². The molecule has 0 spiro atoms. The number of carbonyl (C=O) groups is 8. The van der Waals surface area contributed by atoms with Gasteiger partial charge < -0.3 is 37.8 Å². The zero-order chi connectivity index (χ0) is 38.5. The van der Waals surface area contributed by atoms with Crippen molar-refractivity contribution in [3.05, 3.63) is 34.4 Å². The third-order valence-electron chi connectivity index (χ3n) is 7.50. The average molecular weight is 707 g/mol. The van der Waals surface area contributed by atoms with E-state index in [0.29, 0.717) is 0 Å². The van der Waals surface area contributed by atoms with E-state index in [1.807, 2.05) is 0 Å². The average Bonchev–Trinajstić information content (AvgIpc) is 3.02. The largest absolute Gasteiger partial charge is 0.481 e. The zero-order valence-corrected chi connectivity index (χ0v) is 28.8. The number of carboxylic acid groups (broad SMARTS) is 1. The molecule has 7 amide bonds. The Labute approximate surface area is 288 Å². The molecular weight excluding hydrogens is 660 g/mol. The summed E-state index contributed by atoms with van der Waals surface area (Å²) in [4.78, 5) is 112. The van der Waals surface area contributed by atoms with Crippen molar-refractivity contribution in [1.82, 2.24) is 21.3 Å². The summed E-state index contributed by atoms with van der Waals surface area (Å²) in [6.45, 7) is 9.11. The van der Waals surface area contributed by atoms with Crippen molar-refractivity contribution in [2.45, 2.75) is 97.4 Å². The van der Waals surface area contributed by atoms with Crippen LogP contribution >= 0.6 is 0 Å². The molecule has 0 aliphatic rings. The number of amides is 7. The number of primary amides is 2. The first-order valence-electron chi connectivity index (χ1n) is 15.7. The predicted octanol–water partition coefficient (Wildman–Crippen LogP) is -0.797. The molecule has 1 aromatic carbocycles. The highest BCUT2D eigenvalue weighted by molar-refractivity contribution is 6.04. The molecule has 0 aliphatic heterocycles. The lowest BCUT2D eigenvalue weighted by atomic mass is 9.98. The molecule has 0 radical (unpaired) electrons. The van der Waals surface area contributed by atoms with Crippen LogP contribution in [0.15, 0.2) is 24.3 Å². The zero-order valence-electron chi connectivity index (χ0n) is 28.8. The number of benzene rings is 1. The molecule has 1 aromatic rings. The summed E-state index contributed by atoms with van der Waals surface area (Å²) in [5, 5.41) is 29.9. The van der Waals surface area contributed by atoms with E-state index in [0.717, 1.165) is 17.0 Å². The first-order chi connectivity index (χ1) is 23.2. The number of nitrogens with two attached hydrogens (primary N) is 2. The van der Waals surface area contributed by atoms with E-state index in [1.54, 1.807) is 27.7 Å². The third-order valence-corrected chi connectivity index (χ3v) is 7.50. The Balaban J connectivity index is 3.18. The Bertz CT molecular complexity index is 1450. The monoisotopic (exact) mass is 706 g/mol. The Morgan fingerprint density at radius 2 is 1.26 bits per heavy atom. The van der Waals surface area contributed by atoms with Gasteiger partial charge in [0.1, 0.15) is 30.2 Å². The number of carboxylic acids is 1. The Kier molecular flexibility index (Phi) is 16.4. The number of nitrogens with one attached hydrogen (secondary N) is 4. The second-order valence-electron chi connectivity index (χ2n) is 12.3. The molecule has 0 heterocycles. The molecule has 9 N–H and O–H groups in total. The van der Waals surface area contributed by atoms with Gasteiger partial charge in [-0.2, -0.15) is 0 Å². The summed E-state index contributed by atoms with van der Waals surface area (Å²) in [6.07, 6.45) is -1.49. The van der Waals surface area contributed by atoms with E-state index in [2.05, 4.69) is 21.3 Å². The summed E-state index contributed by atoms with van der Waals surface area (Å²) in [5.74, 6) is -7.99. The third kappa shape index (κ3) is 13.1. The lowest BCUT2D eigenvalue weighted by molar-refractivity contribution is -0.384. The molecule has 0 unspecified atom stereocenters. The number of rotatable bonds is 20. The predicted molar refractivity (Wildman–Crippen MR) is 178 cm³/mol. The van der Waals surface area contributed by atoms with Crippen LogP contribution in [0.2, 0.25) is 0 Å². The summed E-state index contributed by atoms with van der Waals surface area (Å²) < 4.78 is 0. The Hall–Kier alpha value is -5.62. The number of aliphatic carboxylic acids is 1. The topological polar surface area (TPSA) is 303 Å². The maximum atomic E-state index is 13.5. The number of hydrogen-bond acceptors (Lipinski definition) is 10. The second kappa shape index (κ2) is 19.4. The van der Waals surface area contributed by atoms with Gasteiger partial charge in [-0.15, -0.1) is 0 Å². The number of non-ortho nitro benzene ring substituents is 1. The van der Waals surface area contributed by atoms with Gasteiger partial charge in [-0.05, 0) is 44.2 Å². The van der Waals surface area contributed by atoms with Crippen LogP contribution in [0.1, 0.15) is 67.2 Å². The van der Waals surface area contributed by atoms with Gasteiger partial charge in [0.05, 0.1) is 11.3 Å². The molecule has 19 nitrogen and oxygen atoms in total. The molecule has 0 saturated carbocycles. The number of nitro groups is 1. The van der Waals surface area contributed by atoms with Crippen molar-refractivity contribution >= 4 is 58.7 Å². The van der Waals surface area contributed by atoms with Crippen LogP contribution in [0.4, 0.5) is 11.4 Å². The minimum absolute atomic E-state index is 0.101. The summed E-state index contributed by atoms with van der Waals surface area (Å²) >= 11 is 0. The van der Waals surface area contributed by atoms with Crippen LogP contribution in [0, 0.1) is 22.0 Å². The maximum Gasteiger partial charge on any atom is 0.303 e. The van der Waals surface area contributed by atoms with Gasteiger partial charge in [-0.3, -0.25) is 53.4 Å². The fraction of sp³-hybridized carbons (Fsp3) is 0.548. The van der Waals surface area contributed by atoms with Crippen molar-refractivity contribution in [2.24, 2.45) is 23.3 Å². The van der Waals surface area contributed by atoms with E-state index < -0.39 is 107 Å². The van der Waals surface area contributed by atoms with Gasteiger partial charge in [0.25, 0.3) is 5.69 Å². The normalized spacial score (nSPS) is 13.9. The molecule has 19 heteroatoms. The van der Waals surface area contributed by atoms with E-state index in [-0.39, 0.29) is 24.2 Å². The molecule has 1 rings (SSSR count). The SMILES string of the molecule is CC(C)[C@H](NC(=O)[C@H](CCC(N)=O)NC(=O)CCC(=O)O)C(=O)N[C@H](C(=O)N[C@@H](C)C(=O)N(c1ccc([N+](=O)[O-])cc1)[C@@H](C)C(N)=O)C(C)C. The number of carbonyl (C=O) groups excluding carboxylic acids is 7. The molecule has 0 aliphatic carbocycles. The van der Waals surface area contributed by atoms with E-state index in [4.69, 9.17) is 16.6 Å². The molecule has 0 fully saturated rings. The van der Waals surface area contributed by atoms with Gasteiger partial charge in [-0.1, -0.05) is 27.7 Å². The first kappa shape index (κ1) is 42.4. The van der Waals surface area contributed by atoms with Crippen molar-refractivity contribution in [1.29, 1.82) is 0 Å². The van der Waals surface area contributed by atoms with Gasteiger partial charge in [0.2, 0.25) is 41.4 Å². The highest BCUT2D eigenvalue weighted by Gasteiger charge is 2.35. The van der Waals surface area contributed by atoms with E-state index in [9.17, 15) is 48.5 Å². The van der Waals surface area contributed by atoms with E-state index >= 15 is 0 Å². The van der Waals surface area contributed by atoms with E-state index in [1.165, 1.54) is 26.0 Å². The molecular formula is C31H46N8O11. The van der Waals surface area contributed by atoms with Crippen molar-refractivity contribution in [3.8, 4) is 0 Å². The summed E-state index contributed by atoms with van der Waals surface area (Å²) in [7, 11) is 0. The van der Waals surface area contributed by atoms with Gasteiger partial charge in [-0.25, -0.2) is 0 Å². The highest BCUT2D eigenvalue weighted by Crippen LogP contribution is 2.22. The lowest BCUT2D eigenvalue weighted by Gasteiger charge is -2.31. The highest BCUT2D eigenvalue weighted by atomic mass is 16.6. The van der Waals surface area contributed by atoms with Crippen molar-refractivity contribution < 1.29 is 48.4 Å². The first-order valence-corrected chi connectivity index (χ1v) is 15.7. The Morgan fingerprint density at radius 1 is 0.760 bits per heavy atom. The quantitative estimate of drug-likeness (QED) is 0.0650. The molecule has 50 heavy (non-hydrogen) atoms. The molecule has 0 aromatic heterocycles. The van der Waals surface area contributed by atoms with Crippen molar-refractivity contribution in [3.63, 3.8) is 0 Å².